The van der Waals surface area contributed by atoms with Gasteiger partial charge in [-0.1, -0.05) is 35.5 Å². The number of likely N-dealkylation sites (tertiary alicyclic amines) is 1. The lowest BCUT2D eigenvalue weighted by Gasteiger charge is -2.25. The van der Waals surface area contributed by atoms with Crippen molar-refractivity contribution in [3.05, 3.63) is 53.4 Å². The maximum Gasteiger partial charge on any atom is 0.243 e. The van der Waals surface area contributed by atoms with Crippen LogP contribution in [-0.2, 0) is 16.0 Å². The molecule has 1 aromatic heterocycles. The first-order chi connectivity index (χ1) is 12.4. The number of carbonyl (C=O) groups is 2. The fourth-order valence-electron chi connectivity index (χ4n) is 3.22. The van der Waals surface area contributed by atoms with Gasteiger partial charge in [0.25, 0.3) is 0 Å². The van der Waals surface area contributed by atoms with E-state index in [0.29, 0.717) is 11.5 Å². The van der Waals surface area contributed by atoms with Gasteiger partial charge in [0.05, 0.1) is 24.3 Å². The van der Waals surface area contributed by atoms with Crippen molar-refractivity contribution in [2.45, 2.75) is 44.9 Å². The third kappa shape index (κ3) is 4.11. The molecule has 1 aromatic carbocycles. The summed E-state index contributed by atoms with van der Waals surface area (Å²) in [6.07, 6.45) is -0.460. The molecule has 1 saturated heterocycles. The van der Waals surface area contributed by atoms with Crippen LogP contribution in [0.4, 0.5) is 0 Å². The van der Waals surface area contributed by atoms with Gasteiger partial charge in [-0.15, -0.1) is 0 Å². The van der Waals surface area contributed by atoms with E-state index in [4.69, 9.17) is 4.52 Å². The number of aliphatic hydroxyl groups is 1. The Labute approximate surface area is 152 Å². The summed E-state index contributed by atoms with van der Waals surface area (Å²) in [5.74, 6) is -0.0732. The quantitative estimate of drug-likeness (QED) is 0.842. The van der Waals surface area contributed by atoms with Crippen molar-refractivity contribution >= 4 is 11.8 Å². The first-order valence-electron chi connectivity index (χ1n) is 8.69. The van der Waals surface area contributed by atoms with Crippen LogP contribution in [0.5, 0.6) is 0 Å². The highest BCUT2D eigenvalue weighted by Gasteiger charge is 2.39. The molecule has 7 nitrogen and oxygen atoms in total. The van der Waals surface area contributed by atoms with Crippen LogP contribution < -0.4 is 5.32 Å². The lowest BCUT2D eigenvalue weighted by Crippen LogP contribution is -2.47. The summed E-state index contributed by atoms with van der Waals surface area (Å²) in [6.45, 7) is 3.81. The summed E-state index contributed by atoms with van der Waals surface area (Å²) in [4.78, 5) is 26.7. The summed E-state index contributed by atoms with van der Waals surface area (Å²) in [5.41, 5.74) is 1.68. The number of aliphatic hydroxyl groups excluding tert-OH is 1. The Morgan fingerprint density at radius 3 is 2.77 bits per heavy atom. The minimum absolute atomic E-state index is 0.0194. The Hall–Kier alpha value is -2.67. The number of nitrogens with one attached hydrogen (secondary N) is 1. The van der Waals surface area contributed by atoms with E-state index in [-0.39, 0.29) is 37.2 Å². The highest BCUT2D eigenvalue weighted by atomic mass is 16.5. The van der Waals surface area contributed by atoms with Crippen LogP contribution >= 0.6 is 0 Å². The van der Waals surface area contributed by atoms with Gasteiger partial charge < -0.3 is 19.8 Å². The normalized spacial score (nSPS) is 20.8. The molecule has 3 rings (SSSR count). The molecule has 138 valence electrons. The van der Waals surface area contributed by atoms with E-state index >= 15 is 0 Å². The zero-order valence-electron chi connectivity index (χ0n) is 14.9. The van der Waals surface area contributed by atoms with E-state index < -0.39 is 12.1 Å². The molecular weight excluding hydrogens is 334 g/mol. The second-order valence-corrected chi connectivity index (χ2v) is 6.70. The Morgan fingerprint density at radius 1 is 1.38 bits per heavy atom. The van der Waals surface area contributed by atoms with E-state index in [1.165, 1.54) is 4.90 Å². The smallest absolute Gasteiger partial charge is 0.243 e. The van der Waals surface area contributed by atoms with E-state index in [9.17, 15) is 14.7 Å². The summed E-state index contributed by atoms with van der Waals surface area (Å²) in [7, 11) is 0. The van der Waals surface area contributed by atoms with Crippen LogP contribution in [0.15, 0.2) is 40.9 Å². The van der Waals surface area contributed by atoms with Crippen molar-refractivity contribution in [1.82, 2.24) is 15.4 Å². The van der Waals surface area contributed by atoms with Gasteiger partial charge in [-0.05, 0) is 19.4 Å². The van der Waals surface area contributed by atoms with Gasteiger partial charge in [0.1, 0.15) is 11.8 Å². The minimum atomic E-state index is -0.710. The lowest BCUT2D eigenvalue weighted by atomic mass is 10.1. The van der Waals surface area contributed by atoms with Crippen LogP contribution in [0.1, 0.15) is 36.4 Å². The van der Waals surface area contributed by atoms with Crippen LogP contribution in [0.2, 0.25) is 0 Å². The Bertz CT molecular complexity index is 774. The average molecular weight is 357 g/mol. The molecule has 2 aromatic rings. The monoisotopic (exact) mass is 357 g/mol. The molecule has 0 aliphatic carbocycles. The van der Waals surface area contributed by atoms with Crippen molar-refractivity contribution < 1.29 is 19.2 Å². The number of rotatable bonds is 5. The molecular formula is C19H23N3O4. The first-order valence-corrected chi connectivity index (χ1v) is 8.69. The van der Waals surface area contributed by atoms with E-state index in [0.717, 1.165) is 5.56 Å². The van der Waals surface area contributed by atoms with E-state index in [1.807, 2.05) is 37.3 Å². The summed E-state index contributed by atoms with van der Waals surface area (Å²) in [6, 6.07) is 10.4. The Kier molecular flexibility index (Phi) is 5.37. The number of carbonyl (C=O) groups excluding carboxylic acids is 2. The van der Waals surface area contributed by atoms with Gasteiger partial charge in [0.2, 0.25) is 11.8 Å². The molecule has 2 amide bonds. The molecule has 2 N–H and O–H groups in total. The van der Waals surface area contributed by atoms with Crippen molar-refractivity contribution in [2.75, 3.05) is 6.54 Å². The molecule has 3 atom stereocenters. The van der Waals surface area contributed by atoms with Gasteiger partial charge in [0.15, 0.2) is 0 Å². The summed E-state index contributed by atoms with van der Waals surface area (Å²) >= 11 is 0. The molecule has 2 heterocycles. The summed E-state index contributed by atoms with van der Waals surface area (Å²) in [5, 5.41) is 16.7. The number of β-amino-alcohol motifs (C(OH)–C–C–N with tert-alkyl or cyclic N) is 1. The van der Waals surface area contributed by atoms with Crippen LogP contribution in [-0.4, -0.2) is 45.7 Å². The largest absolute Gasteiger partial charge is 0.391 e. The minimum Gasteiger partial charge on any atom is -0.391 e. The van der Waals surface area contributed by atoms with Gasteiger partial charge in [0, 0.05) is 19.0 Å². The molecule has 1 fully saturated rings. The third-order valence-corrected chi connectivity index (χ3v) is 4.56. The maximum absolute atomic E-state index is 12.7. The number of hydrogen-bond donors (Lipinski definition) is 2. The molecule has 1 aliphatic rings. The Balaban J connectivity index is 1.66. The third-order valence-electron chi connectivity index (χ3n) is 4.56. The molecule has 0 unspecified atom stereocenters. The number of aromatic nitrogens is 1. The first kappa shape index (κ1) is 18.1. The fraction of sp³-hybridized carbons (Fsp3) is 0.421. The average Bonchev–Trinajstić information content (AvgIpc) is 3.21. The van der Waals surface area contributed by atoms with Gasteiger partial charge in [-0.2, -0.15) is 0 Å². The topological polar surface area (TPSA) is 95.7 Å². The zero-order valence-corrected chi connectivity index (χ0v) is 14.9. The second-order valence-electron chi connectivity index (χ2n) is 6.70. The molecule has 1 aliphatic heterocycles. The maximum atomic E-state index is 12.7. The molecule has 0 spiro atoms. The summed E-state index contributed by atoms with van der Waals surface area (Å²) < 4.78 is 5.08. The second kappa shape index (κ2) is 7.70. The number of aryl methyl sites for hydroxylation is 1. The lowest BCUT2D eigenvalue weighted by molar-refractivity contribution is -0.138. The highest BCUT2D eigenvalue weighted by Crippen LogP contribution is 2.21. The van der Waals surface area contributed by atoms with Crippen molar-refractivity contribution in [3.63, 3.8) is 0 Å². The van der Waals surface area contributed by atoms with Crippen LogP contribution in [0.3, 0.4) is 0 Å². The molecule has 7 heteroatoms. The van der Waals surface area contributed by atoms with Crippen molar-refractivity contribution in [3.8, 4) is 0 Å². The number of nitrogens with zero attached hydrogens (tertiary/aromatic N) is 2. The molecule has 0 bridgehead atoms. The fourth-order valence-corrected chi connectivity index (χ4v) is 3.22. The van der Waals surface area contributed by atoms with Gasteiger partial charge in [-0.25, -0.2) is 0 Å². The van der Waals surface area contributed by atoms with E-state index in [2.05, 4.69) is 10.5 Å². The molecule has 26 heavy (non-hydrogen) atoms. The number of amides is 2. The molecule has 0 saturated carbocycles. The Morgan fingerprint density at radius 2 is 2.12 bits per heavy atom. The van der Waals surface area contributed by atoms with Crippen LogP contribution in [0.25, 0.3) is 0 Å². The number of hydrogen-bond acceptors (Lipinski definition) is 5. The highest BCUT2D eigenvalue weighted by molar-refractivity contribution is 5.89. The van der Waals surface area contributed by atoms with E-state index in [1.54, 1.807) is 13.0 Å². The van der Waals surface area contributed by atoms with Gasteiger partial charge >= 0.3 is 0 Å². The van der Waals surface area contributed by atoms with Crippen molar-refractivity contribution in [2.24, 2.45) is 0 Å². The number of benzene rings is 1. The standard InChI is InChI=1S/C19H23N3O4/c1-12-8-16(26-21-12)10-18(24)22-11-15(23)9-17(22)19(25)20-13(2)14-6-4-3-5-7-14/h3-8,13,15,17,23H,9-11H2,1-2H3,(H,20,25)/t13-,15+,17-/m0/s1. The zero-order chi connectivity index (χ0) is 18.7. The SMILES string of the molecule is Cc1cc(CC(=O)N2C[C@H](O)C[C@H]2C(=O)N[C@@H](C)c2ccccc2)on1. The van der Waals surface area contributed by atoms with Crippen molar-refractivity contribution in [1.29, 1.82) is 0 Å². The van der Waals surface area contributed by atoms with Gasteiger partial charge in [-0.3, -0.25) is 9.59 Å². The predicted octanol–water partition coefficient (Wildman–Crippen LogP) is 1.36. The predicted molar refractivity (Wildman–Crippen MR) is 94.1 cm³/mol. The van der Waals surface area contributed by atoms with Crippen LogP contribution in [0, 0.1) is 6.92 Å². The molecule has 0 radical (unpaired) electrons.